The van der Waals surface area contributed by atoms with Gasteiger partial charge < -0.3 is 14.7 Å². The lowest BCUT2D eigenvalue weighted by atomic mass is 9.74. The zero-order chi connectivity index (χ0) is 21.6. The normalized spacial score (nSPS) is 22.9. The summed E-state index contributed by atoms with van der Waals surface area (Å²) in [6.07, 6.45) is 3.47. The summed E-state index contributed by atoms with van der Waals surface area (Å²) in [6, 6.07) is 8.62. The van der Waals surface area contributed by atoms with Gasteiger partial charge in [0.1, 0.15) is 5.82 Å². The second-order valence-corrected chi connectivity index (χ2v) is 10.3. The first-order valence-electron chi connectivity index (χ1n) is 11.3. The molecule has 2 fully saturated rings. The Bertz CT molecular complexity index is 951. The minimum absolute atomic E-state index is 0.0877. The third kappa shape index (κ3) is 3.80. The Morgan fingerprint density at radius 1 is 1.23 bits per heavy atom. The molecule has 1 aromatic carbocycles. The number of aromatic nitrogens is 2. The van der Waals surface area contributed by atoms with Crippen molar-refractivity contribution < 1.29 is 4.79 Å². The molecule has 8 heteroatoms. The van der Waals surface area contributed by atoms with Gasteiger partial charge in [-0.25, -0.2) is 9.78 Å². The zero-order valence-electron chi connectivity index (χ0n) is 18.8. The van der Waals surface area contributed by atoms with E-state index >= 15 is 0 Å². The van der Waals surface area contributed by atoms with Crippen LogP contribution in [0.3, 0.4) is 0 Å². The fraction of sp³-hybridized carbons (Fsp3) is 0.609. The highest BCUT2D eigenvalue weighted by atomic mass is 32.1. The van der Waals surface area contributed by atoms with Crippen LogP contribution in [0, 0.1) is 12.8 Å². The van der Waals surface area contributed by atoms with Crippen molar-refractivity contribution in [3.8, 4) is 0 Å². The first-order chi connectivity index (χ1) is 14.9. The second kappa shape index (κ2) is 8.06. The number of carbonyl (C=O) groups excluding carboxylic acids is 1. The third-order valence-electron chi connectivity index (χ3n) is 7.24. The van der Waals surface area contributed by atoms with Crippen LogP contribution in [0.4, 0.5) is 15.6 Å². The molecule has 3 aliphatic heterocycles. The molecule has 2 saturated heterocycles. The monoisotopic (exact) mass is 440 g/mol. The number of likely N-dealkylation sites (tertiary alicyclic amines) is 1. The number of rotatable bonds is 3. The lowest BCUT2D eigenvalue weighted by Crippen LogP contribution is -2.48. The van der Waals surface area contributed by atoms with Crippen molar-refractivity contribution in [3.05, 3.63) is 35.7 Å². The number of aryl methyl sites for hydroxylation is 1. The minimum atomic E-state index is 0.0877. The number of nitrogens with zero attached hydrogens (tertiary/aromatic N) is 6. The van der Waals surface area contributed by atoms with Crippen LogP contribution in [0.2, 0.25) is 0 Å². The number of benzene rings is 1. The third-order valence-corrected chi connectivity index (χ3v) is 8.11. The van der Waals surface area contributed by atoms with E-state index in [1.165, 1.54) is 23.5 Å². The molecule has 0 N–H and O–H groups in total. The number of urea groups is 1. The summed E-state index contributed by atoms with van der Waals surface area (Å²) in [5.74, 6) is 1.57. The zero-order valence-corrected chi connectivity index (χ0v) is 19.6. The molecule has 1 spiro atoms. The highest BCUT2D eigenvalue weighted by molar-refractivity contribution is 7.09. The molecular formula is C23H32N6OS. The maximum Gasteiger partial charge on any atom is 0.323 e. The molecule has 5 rings (SSSR count). The average molecular weight is 441 g/mol. The van der Waals surface area contributed by atoms with Crippen LogP contribution in [-0.2, 0) is 5.41 Å². The number of anilines is 2. The highest BCUT2D eigenvalue weighted by Crippen LogP contribution is 2.47. The van der Waals surface area contributed by atoms with Gasteiger partial charge >= 0.3 is 6.03 Å². The van der Waals surface area contributed by atoms with Gasteiger partial charge in [0, 0.05) is 62.9 Å². The van der Waals surface area contributed by atoms with Gasteiger partial charge in [0.15, 0.2) is 0 Å². The maximum absolute atomic E-state index is 12.8. The van der Waals surface area contributed by atoms with E-state index in [1.807, 2.05) is 32.0 Å². The van der Waals surface area contributed by atoms with E-state index in [0.717, 1.165) is 68.8 Å². The summed E-state index contributed by atoms with van der Waals surface area (Å²) in [5.41, 5.74) is 2.57. The Kier molecular flexibility index (Phi) is 5.38. The van der Waals surface area contributed by atoms with Gasteiger partial charge in [-0.05, 0) is 56.8 Å². The van der Waals surface area contributed by atoms with Crippen LogP contribution < -0.4 is 9.80 Å². The van der Waals surface area contributed by atoms with E-state index in [4.69, 9.17) is 0 Å². The lowest BCUT2D eigenvalue weighted by molar-refractivity contribution is 0.148. The van der Waals surface area contributed by atoms with Crippen LogP contribution in [0.5, 0.6) is 0 Å². The number of para-hydroxylation sites is 1. The van der Waals surface area contributed by atoms with Crippen molar-refractivity contribution in [3.63, 3.8) is 0 Å². The van der Waals surface area contributed by atoms with Gasteiger partial charge in [-0.3, -0.25) is 4.90 Å². The number of hydrogen-bond donors (Lipinski definition) is 0. The van der Waals surface area contributed by atoms with E-state index in [9.17, 15) is 4.79 Å². The largest absolute Gasteiger partial charge is 0.347 e. The predicted octanol–water partition coefficient (Wildman–Crippen LogP) is 3.21. The highest BCUT2D eigenvalue weighted by Gasteiger charge is 2.46. The van der Waals surface area contributed by atoms with Gasteiger partial charge in [-0.15, -0.1) is 0 Å². The summed E-state index contributed by atoms with van der Waals surface area (Å²) in [6.45, 7) is 8.32. The van der Waals surface area contributed by atoms with Gasteiger partial charge in [-0.2, -0.15) is 4.37 Å². The molecule has 31 heavy (non-hydrogen) atoms. The van der Waals surface area contributed by atoms with Crippen LogP contribution in [0.15, 0.2) is 24.3 Å². The number of hydrogen-bond acceptors (Lipinski definition) is 6. The van der Waals surface area contributed by atoms with Gasteiger partial charge in [-0.1, -0.05) is 18.2 Å². The van der Waals surface area contributed by atoms with E-state index < -0.39 is 0 Å². The summed E-state index contributed by atoms with van der Waals surface area (Å²) in [4.78, 5) is 26.1. The number of fused-ring (bicyclic) bond motifs is 2. The minimum Gasteiger partial charge on any atom is -0.347 e. The molecule has 3 aliphatic rings. The topological polar surface area (TPSA) is 55.8 Å². The first kappa shape index (κ1) is 20.7. The first-order valence-corrected chi connectivity index (χ1v) is 12.1. The Hall–Kier alpha value is -2.19. The van der Waals surface area contributed by atoms with Crippen molar-refractivity contribution in [2.75, 3.05) is 63.2 Å². The predicted molar refractivity (Wildman–Crippen MR) is 125 cm³/mol. The smallest absolute Gasteiger partial charge is 0.323 e. The van der Waals surface area contributed by atoms with Crippen LogP contribution in [0.1, 0.15) is 30.7 Å². The lowest BCUT2D eigenvalue weighted by Gasteiger charge is -2.40. The molecule has 0 bridgehead atoms. The molecule has 1 aromatic heterocycles. The molecule has 2 aromatic rings. The molecule has 166 valence electrons. The van der Waals surface area contributed by atoms with Gasteiger partial charge in [0.25, 0.3) is 0 Å². The number of carbonyl (C=O) groups is 1. The van der Waals surface area contributed by atoms with Gasteiger partial charge in [0.05, 0.1) is 0 Å². The van der Waals surface area contributed by atoms with Crippen molar-refractivity contribution in [2.24, 2.45) is 5.92 Å². The Balaban J connectivity index is 1.22. The van der Waals surface area contributed by atoms with Crippen molar-refractivity contribution in [2.45, 2.75) is 31.6 Å². The number of piperidine rings is 1. The maximum atomic E-state index is 12.8. The molecule has 1 atom stereocenters. The fourth-order valence-corrected chi connectivity index (χ4v) is 6.28. The Labute approximate surface area is 188 Å². The molecule has 4 heterocycles. The fourth-order valence-electron chi connectivity index (χ4n) is 5.57. The van der Waals surface area contributed by atoms with E-state index in [-0.39, 0.29) is 11.4 Å². The Morgan fingerprint density at radius 3 is 2.71 bits per heavy atom. The van der Waals surface area contributed by atoms with Crippen LogP contribution >= 0.6 is 11.5 Å². The molecule has 0 saturated carbocycles. The number of amides is 2. The van der Waals surface area contributed by atoms with Crippen LogP contribution in [0.25, 0.3) is 0 Å². The van der Waals surface area contributed by atoms with E-state index in [2.05, 4.69) is 37.4 Å². The van der Waals surface area contributed by atoms with E-state index in [0.29, 0.717) is 5.92 Å². The summed E-state index contributed by atoms with van der Waals surface area (Å²) in [5, 5.41) is 1.07. The summed E-state index contributed by atoms with van der Waals surface area (Å²) >= 11 is 1.52. The molecular weight excluding hydrogens is 408 g/mol. The second-order valence-electron chi connectivity index (χ2n) is 9.59. The molecule has 0 aliphatic carbocycles. The summed E-state index contributed by atoms with van der Waals surface area (Å²) < 4.78 is 4.34. The quantitative estimate of drug-likeness (QED) is 0.734. The SMILES string of the molecule is Cc1nsc(N2CC[C@@H](CN3CCC4(CC3)CN(C(=O)N(C)C)c3ccccc34)C2)n1. The van der Waals surface area contributed by atoms with E-state index in [1.54, 1.807) is 4.90 Å². The average Bonchev–Trinajstić information content (AvgIpc) is 3.48. The molecule has 0 radical (unpaired) electrons. The standard InChI is InChI=1S/C23H32N6OS/c1-17-24-21(31-25-17)28-11-8-18(15-28)14-27-12-9-23(10-13-27)16-29(22(30)26(2)3)20-7-5-4-6-19(20)23/h4-7,18H,8-16H2,1-3H3/t18-/m0/s1. The van der Waals surface area contributed by atoms with Crippen molar-refractivity contribution in [1.82, 2.24) is 19.2 Å². The Morgan fingerprint density at radius 2 is 2.00 bits per heavy atom. The van der Waals surface area contributed by atoms with Gasteiger partial charge in [0.2, 0.25) is 5.13 Å². The molecule has 0 unspecified atom stereocenters. The molecule has 2 amide bonds. The summed E-state index contributed by atoms with van der Waals surface area (Å²) in [7, 11) is 3.68. The van der Waals surface area contributed by atoms with Crippen molar-refractivity contribution >= 4 is 28.4 Å². The van der Waals surface area contributed by atoms with Crippen LogP contribution in [-0.4, -0.2) is 78.6 Å². The molecule has 7 nitrogen and oxygen atoms in total. The van der Waals surface area contributed by atoms with Crippen molar-refractivity contribution in [1.29, 1.82) is 0 Å².